The van der Waals surface area contributed by atoms with Crippen molar-refractivity contribution >= 4 is 48.6 Å². The Balaban J connectivity index is 3.35. The van der Waals surface area contributed by atoms with Gasteiger partial charge in [-0.25, -0.2) is 8.42 Å². The predicted molar refractivity (Wildman–Crippen MR) is 68.6 cm³/mol. The van der Waals surface area contributed by atoms with Crippen molar-refractivity contribution in [3.05, 3.63) is 27.3 Å². The standard InChI is InChI=1S/C8H5F3INO6S2/c9-8(10,11)21(18,19)13-7(14)4-1-2-6(5(12)3-4)20(15,16)17/h1-3H,(H,13,14)(H,15,16,17)/p-2. The molecule has 1 rings (SSSR count). The Hall–Kier alpha value is -0.930. The fraction of sp³-hybridized carbons (Fsp3) is 0.125. The molecule has 0 atom stereocenters. The number of benzene rings is 1. The van der Waals surface area contributed by atoms with E-state index in [4.69, 9.17) is 0 Å². The third-order valence-corrected chi connectivity index (χ3v) is 5.09. The molecule has 0 bridgehead atoms. The number of nitrogens with zero attached hydrogens (tertiary/aromatic N) is 1. The Morgan fingerprint density at radius 3 is 2.10 bits per heavy atom. The van der Waals surface area contributed by atoms with Crippen molar-refractivity contribution in [2.45, 2.75) is 10.4 Å². The molecule has 0 saturated heterocycles. The summed E-state index contributed by atoms with van der Waals surface area (Å²) in [5.41, 5.74) is -6.34. The number of halogens is 4. The molecule has 0 aliphatic carbocycles. The summed E-state index contributed by atoms with van der Waals surface area (Å²) in [6.07, 6.45) is 0. The molecule has 0 aliphatic rings. The third kappa shape index (κ3) is 4.27. The molecule has 13 heteroatoms. The van der Waals surface area contributed by atoms with E-state index in [9.17, 15) is 39.7 Å². The average Bonchev–Trinajstić information content (AvgIpc) is 2.24. The topological polar surface area (TPSA) is 127 Å². The van der Waals surface area contributed by atoms with E-state index in [2.05, 4.69) is 4.40 Å². The van der Waals surface area contributed by atoms with E-state index in [1.54, 1.807) is 0 Å². The largest absolute Gasteiger partial charge is 0.858 e. The van der Waals surface area contributed by atoms with Crippen molar-refractivity contribution < 1.29 is 39.7 Å². The number of rotatable bonds is 3. The van der Waals surface area contributed by atoms with Crippen LogP contribution in [0.4, 0.5) is 13.2 Å². The van der Waals surface area contributed by atoms with Gasteiger partial charge in [0.05, 0.1) is 4.90 Å². The van der Waals surface area contributed by atoms with Crippen LogP contribution < -0.4 is 5.11 Å². The highest BCUT2D eigenvalue weighted by atomic mass is 127. The molecule has 0 radical (unpaired) electrons. The van der Waals surface area contributed by atoms with Crippen molar-refractivity contribution in [3.63, 3.8) is 0 Å². The maximum atomic E-state index is 12.1. The lowest BCUT2D eigenvalue weighted by molar-refractivity contribution is -0.212. The molecule has 0 heterocycles. The van der Waals surface area contributed by atoms with Crippen LogP contribution in [0.5, 0.6) is 0 Å². The first-order chi connectivity index (χ1) is 9.25. The van der Waals surface area contributed by atoms with Crippen LogP contribution in [0.3, 0.4) is 0 Å². The highest BCUT2D eigenvalue weighted by Gasteiger charge is 2.45. The Kier molecular flexibility index (Phi) is 4.91. The minimum Gasteiger partial charge on any atom is -0.858 e. The third-order valence-electron chi connectivity index (χ3n) is 1.94. The number of hydrogen-bond donors (Lipinski definition) is 0. The average molecular weight is 457 g/mol. The SMILES string of the molecule is O=S(=O)([O-])c1ccc(/C([O-])=N\S(=O)(=O)C(F)(F)F)cc1I. The Morgan fingerprint density at radius 2 is 1.71 bits per heavy atom. The normalized spacial score (nSPS) is 14.2. The van der Waals surface area contributed by atoms with Gasteiger partial charge in [0.15, 0.2) is 0 Å². The van der Waals surface area contributed by atoms with Gasteiger partial charge in [-0.1, -0.05) is 6.07 Å². The summed E-state index contributed by atoms with van der Waals surface area (Å²) < 4.78 is 91.7. The molecule has 1 aromatic rings. The molecule has 0 aliphatic heterocycles. The lowest BCUT2D eigenvalue weighted by Gasteiger charge is -2.15. The molecule has 1 aromatic carbocycles. The van der Waals surface area contributed by atoms with E-state index < -0.39 is 42.0 Å². The Morgan fingerprint density at radius 1 is 1.19 bits per heavy atom. The fourth-order valence-corrected chi connectivity index (χ4v) is 3.33. The monoisotopic (exact) mass is 457 g/mol. The summed E-state index contributed by atoms with van der Waals surface area (Å²) in [6.45, 7) is 0. The molecule has 7 nitrogen and oxygen atoms in total. The zero-order valence-corrected chi connectivity index (χ0v) is 13.2. The van der Waals surface area contributed by atoms with Crippen molar-refractivity contribution in [2.75, 3.05) is 0 Å². The first kappa shape index (κ1) is 18.1. The van der Waals surface area contributed by atoms with E-state index in [-0.39, 0.29) is 3.57 Å². The van der Waals surface area contributed by atoms with E-state index in [0.717, 1.165) is 6.07 Å². The Bertz CT molecular complexity index is 800. The summed E-state index contributed by atoms with van der Waals surface area (Å²) in [5, 5.41) is 11.3. The van der Waals surface area contributed by atoms with Gasteiger partial charge in [-0.2, -0.15) is 26.0 Å². The van der Waals surface area contributed by atoms with Crippen LogP contribution in [0.25, 0.3) is 0 Å². The summed E-state index contributed by atoms with van der Waals surface area (Å²) in [4.78, 5) is -0.696. The van der Waals surface area contributed by atoms with Crippen LogP contribution >= 0.6 is 22.6 Å². The first-order valence-electron chi connectivity index (χ1n) is 4.60. The molecule has 0 N–H and O–H groups in total. The van der Waals surface area contributed by atoms with Gasteiger partial charge < -0.3 is 9.66 Å². The lowest BCUT2D eigenvalue weighted by Crippen LogP contribution is -2.27. The minimum absolute atomic E-state index is 0.256. The van der Waals surface area contributed by atoms with Crippen LogP contribution in [0.2, 0.25) is 0 Å². The molecular weight excluding hydrogens is 454 g/mol. The molecular formula is C8H3F3INO6S2-2. The fourth-order valence-electron chi connectivity index (χ4n) is 1.05. The van der Waals surface area contributed by atoms with Crippen LogP contribution in [-0.4, -0.2) is 32.8 Å². The summed E-state index contributed by atoms with van der Waals surface area (Å²) >= 11 is 1.35. The highest BCUT2D eigenvalue weighted by Crippen LogP contribution is 2.25. The molecule has 0 amide bonds. The molecule has 21 heavy (non-hydrogen) atoms. The van der Waals surface area contributed by atoms with Gasteiger partial charge in [-0.15, -0.1) is 0 Å². The van der Waals surface area contributed by atoms with Gasteiger partial charge in [0.25, 0.3) is 0 Å². The van der Waals surface area contributed by atoms with Gasteiger partial charge in [-0.05, 0) is 40.3 Å². The molecule has 0 fully saturated rings. The van der Waals surface area contributed by atoms with Crippen molar-refractivity contribution in [3.8, 4) is 0 Å². The van der Waals surface area contributed by atoms with Gasteiger partial charge in [0.2, 0.25) is 0 Å². The number of sulfonamides is 1. The zero-order valence-electron chi connectivity index (χ0n) is 9.46. The second kappa shape index (κ2) is 5.69. The second-order valence-corrected chi connectivity index (χ2v) is 7.52. The van der Waals surface area contributed by atoms with Gasteiger partial charge >= 0.3 is 15.5 Å². The van der Waals surface area contributed by atoms with E-state index in [0.29, 0.717) is 12.1 Å². The van der Waals surface area contributed by atoms with Gasteiger partial charge in [0, 0.05) is 9.47 Å². The zero-order chi connectivity index (χ0) is 16.6. The maximum Gasteiger partial charge on any atom is 0.518 e. The molecule has 118 valence electrons. The highest BCUT2D eigenvalue weighted by molar-refractivity contribution is 14.1. The van der Waals surface area contributed by atoms with Crippen molar-refractivity contribution in [1.82, 2.24) is 0 Å². The van der Waals surface area contributed by atoms with Crippen LogP contribution in [0.15, 0.2) is 27.5 Å². The minimum atomic E-state index is -6.00. The van der Waals surface area contributed by atoms with Crippen LogP contribution in [-0.2, 0) is 20.1 Å². The van der Waals surface area contributed by atoms with E-state index in [1.165, 1.54) is 22.6 Å². The lowest BCUT2D eigenvalue weighted by atomic mass is 10.2. The van der Waals surface area contributed by atoms with Crippen LogP contribution in [0, 0.1) is 3.57 Å². The Labute approximate surface area is 130 Å². The van der Waals surface area contributed by atoms with Gasteiger partial charge in [-0.3, -0.25) is 0 Å². The molecule has 0 spiro atoms. The molecule has 0 unspecified atom stereocenters. The summed E-state index contributed by atoms with van der Waals surface area (Å²) in [5.74, 6) is -1.74. The summed E-state index contributed by atoms with van der Waals surface area (Å²) in [6, 6.07) is 2.10. The van der Waals surface area contributed by atoms with Crippen molar-refractivity contribution in [2.24, 2.45) is 4.40 Å². The maximum absolute atomic E-state index is 12.1. The number of alkyl halides is 3. The van der Waals surface area contributed by atoms with Crippen molar-refractivity contribution in [1.29, 1.82) is 0 Å². The van der Waals surface area contributed by atoms with E-state index >= 15 is 0 Å². The van der Waals surface area contributed by atoms with Gasteiger partial charge in [0.1, 0.15) is 10.1 Å². The quantitative estimate of drug-likeness (QED) is 0.275. The summed E-state index contributed by atoms with van der Waals surface area (Å²) in [7, 11) is -10.8. The predicted octanol–water partition coefficient (Wildman–Crippen LogP) is 0.152. The second-order valence-electron chi connectivity index (χ2n) is 3.42. The van der Waals surface area contributed by atoms with E-state index in [1.807, 2.05) is 0 Å². The molecule has 0 aromatic heterocycles. The first-order valence-corrected chi connectivity index (χ1v) is 8.52. The smallest absolute Gasteiger partial charge is 0.518 e. The van der Waals surface area contributed by atoms with Crippen LogP contribution in [0.1, 0.15) is 5.56 Å². The molecule has 0 saturated carbocycles. The number of hydrogen-bond acceptors (Lipinski definition) is 6.